The number of nitrogens with zero attached hydrogens (tertiary/aromatic N) is 2. The lowest BCUT2D eigenvalue weighted by atomic mass is 9.67. The van der Waals surface area contributed by atoms with Crippen LogP contribution in [-0.2, 0) is 15.1 Å². The van der Waals surface area contributed by atoms with E-state index in [9.17, 15) is 9.18 Å². The molecule has 2 heterocycles. The Bertz CT molecular complexity index is 800. The highest BCUT2D eigenvalue weighted by atomic mass is 19.1. The molecule has 2 aliphatic rings. The molecule has 6 nitrogen and oxygen atoms in total. The van der Waals surface area contributed by atoms with Crippen molar-refractivity contribution in [1.29, 1.82) is 0 Å². The average Bonchev–Trinajstić information content (AvgIpc) is 2.59. The Morgan fingerprint density at radius 2 is 1.86 bits per heavy atom. The number of carbonyl (C=O) groups is 1. The Morgan fingerprint density at radius 3 is 2.46 bits per heavy atom. The second-order valence-electron chi connectivity index (χ2n) is 8.80. The van der Waals surface area contributed by atoms with Gasteiger partial charge in [-0.05, 0) is 65.7 Å². The number of halogens is 1. The molecule has 1 saturated heterocycles. The van der Waals surface area contributed by atoms with Crippen molar-refractivity contribution in [2.45, 2.75) is 71.2 Å². The quantitative estimate of drug-likeness (QED) is 0.830. The number of amides is 1. The molecule has 0 aliphatic carbocycles. The number of nitrogens with two attached hydrogens (primary N) is 1. The number of hydrogen-bond donors (Lipinski definition) is 2. The van der Waals surface area contributed by atoms with E-state index in [2.05, 4.69) is 24.2 Å². The number of aliphatic imine (C=N–C) groups is 1. The number of guanidine groups is 1. The molecular formula is C21H31FN4O2. The van der Waals surface area contributed by atoms with Gasteiger partial charge in [0.1, 0.15) is 11.4 Å². The number of nitrogens with one attached hydrogen (secondary N) is 1. The minimum absolute atomic E-state index is 0.0941. The fourth-order valence-electron chi connectivity index (χ4n) is 4.32. The van der Waals surface area contributed by atoms with Crippen molar-refractivity contribution in [3.8, 4) is 0 Å². The minimum atomic E-state index is -1.11. The lowest BCUT2D eigenvalue weighted by Gasteiger charge is -2.46. The normalized spacial score (nSPS) is 32.8. The number of hydrogen-bond acceptors (Lipinski definition) is 5. The second kappa shape index (κ2) is 7.03. The van der Waals surface area contributed by atoms with E-state index in [1.54, 1.807) is 40.0 Å². The molecule has 0 aromatic heterocycles. The number of anilines is 1. The van der Waals surface area contributed by atoms with Gasteiger partial charge in [-0.1, -0.05) is 0 Å². The molecule has 0 bridgehead atoms. The van der Waals surface area contributed by atoms with Gasteiger partial charge in [0.15, 0.2) is 5.96 Å². The molecule has 28 heavy (non-hydrogen) atoms. The van der Waals surface area contributed by atoms with Gasteiger partial charge in [-0.25, -0.2) is 9.38 Å². The molecule has 7 heteroatoms. The SMILES string of the molecule is CC1CC(Nc2ccc(F)c(C3(C)N=C(N)N(C)C(=O)C3(C)C)c2)CC(C)O1. The maximum absolute atomic E-state index is 14.9. The Morgan fingerprint density at radius 1 is 1.25 bits per heavy atom. The first-order chi connectivity index (χ1) is 13.0. The van der Waals surface area contributed by atoms with Crippen LogP contribution in [0.25, 0.3) is 0 Å². The van der Waals surface area contributed by atoms with Gasteiger partial charge in [-0.3, -0.25) is 9.69 Å². The standard InChI is InChI=1S/C21H31FN4O2/c1-12-9-15(10-13(2)28-12)24-14-7-8-17(22)16(11-14)21(5)20(3,4)18(27)26(6)19(23)25-21/h7-8,11-13,15,24H,9-10H2,1-6H3,(H2,23,25). The second-order valence-corrected chi connectivity index (χ2v) is 8.80. The first kappa shape index (κ1) is 20.6. The fourth-order valence-corrected chi connectivity index (χ4v) is 4.32. The number of carbonyl (C=O) groups excluding carboxylic acids is 1. The third-order valence-corrected chi connectivity index (χ3v) is 6.30. The average molecular weight is 391 g/mol. The van der Waals surface area contributed by atoms with Crippen LogP contribution in [0.2, 0.25) is 0 Å². The molecule has 3 atom stereocenters. The van der Waals surface area contributed by atoms with Gasteiger partial charge in [0.25, 0.3) is 0 Å². The van der Waals surface area contributed by atoms with Gasteiger partial charge in [-0.2, -0.15) is 0 Å². The van der Waals surface area contributed by atoms with E-state index in [0.29, 0.717) is 5.56 Å². The van der Waals surface area contributed by atoms with E-state index in [1.165, 1.54) is 11.0 Å². The molecule has 2 aliphatic heterocycles. The summed E-state index contributed by atoms with van der Waals surface area (Å²) >= 11 is 0. The van der Waals surface area contributed by atoms with Crippen LogP contribution in [-0.4, -0.2) is 42.1 Å². The van der Waals surface area contributed by atoms with Gasteiger partial charge in [-0.15, -0.1) is 0 Å². The summed E-state index contributed by atoms with van der Waals surface area (Å²) in [6.45, 7) is 9.45. The molecule has 1 fully saturated rings. The summed E-state index contributed by atoms with van der Waals surface area (Å²) in [5.41, 5.74) is 5.08. The first-order valence-corrected chi connectivity index (χ1v) is 9.81. The molecule has 154 valence electrons. The highest BCUT2D eigenvalue weighted by molar-refractivity contribution is 6.01. The summed E-state index contributed by atoms with van der Waals surface area (Å²) in [5.74, 6) is -0.493. The highest BCUT2D eigenvalue weighted by Gasteiger charge is 2.53. The van der Waals surface area contributed by atoms with Crippen LogP contribution in [0.4, 0.5) is 10.1 Å². The minimum Gasteiger partial charge on any atom is -0.382 e. The Labute approximate surface area is 166 Å². The predicted octanol–water partition coefficient (Wildman–Crippen LogP) is 3.22. The fraction of sp³-hybridized carbons (Fsp3) is 0.619. The van der Waals surface area contributed by atoms with Crippen LogP contribution in [0.5, 0.6) is 0 Å². The van der Waals surface area contributed by atoms with Gasteiger partial charge in [0, 0.05) is 24.3 Å². The largest absolute Gasteiger partial charge is 0.382 e. The Hall–Kier alpha value is -2.15. The summed E-state index contributed by atoms with van der Waals surface area (Å²) in [4.78, 5) is 18.7. The van der Waals surface area contributed by atoms with E-state index >= 15 is 0 Å². The van der Waals surface area contributed by atoms with Gasteiger partial charge < -0.3 is 15.8 Å². The molecule has 3 N–H and O–H groups in total. The molecule has 0 spiro atoms. The van der Waals surface area contributed by atoms with Gasteiger partial charge in [0.2, 0.25) is 5.91 Å². The summed E-state index contributed by atoms with van der Waals surface area (Å²) in [5, 5.41) is 3.50. The topological polar surface area (TPSA) is 80.0 Å². The van der Waals surface area contributed by atoms with E-state index in [0.717, 1.165) is 18.5 Å². The predicted molar refractivity (Wildman–Crippen MR) is 109 cm³/mol. The molecular weight excluding hydrogens is 359 g/mol. The van der Waals surface area contributed by atoms with Crippen LogP contribution >= 0.6 is 0 Å². The van der Waals surface area contributed by atoms with Gasteiger partial charge in [0.05, 0.1) is 17.6 Å². The first-order valence-electron chi connectivity index (χ1n) is 9.81. The maximum atomic E-state index is 14.9. The zero-order valence-corrected chi connectivity index (χ0v) is 17.5. The molecule has 0 radical (unpaired) electrons. The Kier molecular flexibility index (Phi) is 5.17. The van der Waals surface area contributed by atoms with Crippen molar-refractivity contribution in [3.05, 3.63) is 29.6 Å². The van der Waals surface area contributed by atoms with Crippen LogP contribution in [0.1, 0.15) is 53.0 Å². The van der Waals surface area contributed by atoms with Crippen LogP contribution in [0, 0.1) is 11.2 Å². The molecule has 1 amide bonds. The van der Waals surface area contributed by atoms with Crippen molar-refractivity contribution in [3.63, 3.8) is 0 Å². The van der Waals surface area contributed by atoms with Crippen molar-refractivity contribution in [2.24, 2.45) is 16.1 Å². The number of ether oxygens (including phenoxy) is 1. The summed E-state index contributed by atoms with van der Waals surface area (Å²) in [7, 11) is 1.59. The van der Waals surface area contributed by atoms with Crippen molar-refractivity contribution in [1.82, 2.24) is 4.90 Å². The number of rotatable bonds is 3. The van der Waals surface area contributed by atoms with E-state index in [4.69, 9.17) is 10.5 Å². The zero-order valence-electron chi connectivity index (χ0n) is 17.5. The van der Waals surface area contributed by atoms with Crippen molar-refractivity contribution < 1.29 is 13.9 Å². The molecule has 0 saturated carbocycles. The van der Waals surface area contributed by atoms with Crippen LogP contribution < -0.4 is 11.1 Å². The smallest absolute Gasteiger partial charge is 0.237 e. The highest BCUT2D eigenvalue weighted by Crippen LogP contribution is 2.47. The molecule has 1 aromatic carbocycles. The molecule has 3 unspecified atom stereocenters. The summed E-state index contributed by atoms with van der Waals surface area (Å²) in [6.07, 6.45) is 2.12. The van der Waals surface area contributed by atoms with Crippen LogP contribution in [0.15, 0.2) is 23.2 Å². The van der Waals surface area contributed by atoms with E-state index < -0.39 is 16.8 Å². The lowest BCUT2D eigenvalue weighted by molar-refractivity contribution is -0.140. The monoisotopic (exact) mass is 390 g/mol. The van der Waals surface area contributed by atoms with Crippen molar-refractivity contribution in [2.75, 3.05) is 12.4 Å². The summed E-state index contributed by atoms with van der Waals surface area (Å²) in [6, 6.07) is 5.16. The van der Waals surface area contributed by atoms with Crippen molar-refractivity contribution >= 4 is 17.6 Å². The van der Waals surface area contributed by atoms with Crippen LogP contribution in [0.3, 0.4) is 0 Å². The van der Waals surface area contributed by atoms with E-state index in [-0.39, 0.29) is 30.1 Å². The lowest BCUT2D eigenvalue weighted by Crippen LogP contribution is -2.58. The van der Waals surface area contributed by atoms with Gasteiger partial charge >= 0.3 is 0 Å². The molecule has 3 rings (SSSR count). The zero-order chi connectivity index (χ0) is 20.9. The molecule has 1 aromatic rings. The maximum Gasteiger partial charge on any atom is 0.237 e. The number of benzene rings is 1. The Balaban J connectivity index is 1.98. The third-order valence-electron chi connectivity index (χ3n) is 6.30. The summed E-state index contributed by atoms with van der Waals surface area (Å²) < 4.78 is 20.7. The third kappa shape index (κ3) is 3.36. The van der Waals surface area contributed by atoms with E-state index in [1.807, 2.05) is 0 Å².